The number of hydrogen-bond donors (Lipinski definition) is 3. The number of carboxylic acids is 1. The normalized spacial score (nSPS) is 11.9. The van der Waals surface area contributed by atoms with E-state index in [2.05, 4.69) is 21.2 Å². The number of carboxylic acid groups (broad SMARTS) is 1. The Balaban J connectivity index is 2.80. The van der Waals surface area contributed by atoms with Crippen LogP contribution in [0.15, 0.2) is 22.7 Å². The number of benzene rings is 1. The maximum atomic E-state index is 11.8. The largest absolute Gasteiger partial charge is 0.480 e. The van der Waals surface area contributed by atoms with Crippen molar-refractivity contribution >= 4 is 27.8 Å². The number of amides is 1. The van der Waals surface area contributed by atoms with E-state index in [-0.39, 0.29) is 13.0 Å². The van der Waals surface area contributed by atoms with Crippen LogP contribution in [0.5, 0.6) is 0 Å². The number of carbonyl (C=O) groups is 2. The molecule has 5 nitrogen and oxygen atoms in total. The fourth-order valence-electron chi connectivity index (χ4n) is 1.41. The van der Waals surface area contributed by atoms with E-state index >= 15 is 0 Å². The van der Waals surface area contributed by atoms with Crippen LogP contribution in [0.4, 0.5) is 0 Å². The van der Waals surface area contributed by atoms with Crippen LogP contribution in [-0.2, 0) is 4.79 Å². The van der Waals surface area contributed by atoms with Crippen molar-refractivity contribution in [3.8, 4) is 0 Å². The van der Waals surface area contributed by atoms with Gasteiger partial charge in [-0.3, -0.25) is 4.79 Å². The average molecular weight is 316 g/mol. The Morgan fingerprint density at radius 2 is 2.11 bits per heavy atom. The van der Waals surface area contributed by atoms with E-state index in [9.17, 15) is 9.59 Å². The van der Waals surface area contributed by atoms with Gasteiger partial charge in [-0.2, -0.15) is 0 Å². The van der Waals surface area contributed by atoms with Crippen LogP contribution < -0.4 is 5.32 Å². The lowest BCUT2D eigenvalue weighted by atomic mass is 10.1. The highest BCUT2D eigenvalue weighted by Crippen LogP contribution is 2.17. The van der Waals surface area contributed by atoms with Gasteiger partial charge in [-0.05, 0) is 30.7 Å². The van der Waals surface area contributed by atoms with E-state index in [1.807, 2.05) is 6.92 Å². The molecule has 1 aromatic rings. The van der Waals surface area contributed by atoms with Crippen LogP contribution >= 0.6 is 15.9 Å². The summed E-state index contributed by atoms with van der Waals surface area (Å²) in [6, 6.07) is 3.92. The van der Waals surface area contributed by atoms with Gasteiger partial charge in [-0.15, -0.1) is 0 Å². The second-order valence-electron chi connectivity index (χ2n) is 3.84. The van der Waals surface area contributed by atoms with Crippen molar-refractivity contribution in [3.05, 3.63) is 33.8 Å². The molecule has 18 heavy (non-hydrogen) atoms. The molecule has 0 unspecified atom stereocenters. The molecular weight excluding hydrogens is 302 g/mol. The molecule has 0 saturated heterocycles. The van der Waals surface area contributed by atoms with Crippen molar-refractivity contribution in [2.45, 2.75) is 19.4 Å². The van der Waals surface area contributed by atoms with Gasteiger partial charge in [-0.1, -0.05) is 15.9 Å². The van der Waals surface area contributed by atoms with Crippen LogP contribution in [0.25, 0.3) is 0 Å². The number of aliphatic carboxylic acids is 1. The molecule has 1 amide bonds. The van der Waals surface area contributed by atoms with E-state index in [0.717, 1.165) is 10.0 Å². The first-order valence-electron chi connectivity index (χ1n) is 5.36. The molecule has 3 N–H and O–H groups in total. The van der Waals surface area contributed by atoms with Gasteiger partial charge in [-0.25, -0.2) is 4.79 Å². The zero-order chi connectivity index (χ0) is 13.7. The number of aliphatic hydroxyl groups is 1. The van der Waals surface area contributed by atoms with Crippen molar-refractivity contribution in [1.29, 1.82) is 0 Å². The van der Waals surface area contributed by atoms with Crippen molar-refractivity contribution in [2.24, 2.45) is 0 Å². The second-order valence-corrected chi connectivity index (χ2v) is 4.69. The Hall–Kier alpha value is -1.40. The molecule has 0 radical (unpaired) electrons. The molecule has 0 fully saturated rings. The van der Waals surface area contributed by atoms with E-state index in [0.29, 0.717) is 5.56 Å². The molecule has 1 atom stereocenters. The van der Waals surface area contributed by atoms with Crippen molar-refractivity contribution in [2.75, 3.05) is 6.61 Å². The number of rotatable bonds is 5. The summed E-state index contributed by atoms with van der Waals surface area (Å²) < 4.78 is 0.879. The van der Waals surface area contributed by atoms with Crippen molar-refractivity contribution in [1.82, 2.24) is 5.32 Å². The third-order valence-electron chi connectivity index (χ3n) is 2.44. The van der Waals surface area contributed by atoms with Crippen LogP contribution in [0.2, 0.25) is 0 Å². The van der Waals surface area contributed by atoms with Gasteiger partial charge in [0.25, 0.3) is 5.91 Å². The summed E-state index contributed by atoms with van der Waals surface area (Å²) in [6.07, 6.45) is -0.0173. The van der Waals surface area contributed by atoms with Gasteiger partial charge in [0.15, 0.2) is 0 Å². The lowest BCUT2D eigenvalue weighted by Gasteiger charge is -2.13. The van der Waals surface area contributed by atoms with Crippen LogP contribution in [0, 0.1) is 6.92 Å². The molecule has 0 aliphatic heterocycles. The highest BCUT2D eigenvalue weighted by Gasteiger charge is 2.20. The summed E-state index contributed by atoms with van der Waals surface area (Å²) in [5.41, 5.74) is 1.27. The highest BCUT2D eigenvalue weighted by atomic mass is 79.9. The smallest absolute Gasteiger partial charge is 0.326 e. The summed E-state index contributed by atoms with van der Waals surface area (Å²) in [5, 5.41) is 20.0. The topological polar surface area (TPSA) is 86.6 Å². The molecule has 0 heterocycles. The fourth-order valence-corrected chi connectivity index (χ4v) is 1.66. The van der Waals surface area contributed by atoms with Gasteiger partial charge in [0, 0.05) is 23.1 Å². The molecule has 98 valence electrons. The monoisotopic (exact) mass is 315 g/mol. The van der Waals surface area contributed by atoms with Gasteiger partial charge in [0.2, 0.25) is 0 Å². The number of carbonyl (C=O) groups excluding carboxylic acids is 1. The maximum absolute atomic E-state index is 11.8. The Morgan fingerprint density at radius 1 is 1.44 bits per heavy atom. The minimum absolute atomic E-state index is 0.0173. The number of aryl methyl sites for hydroxylation is 1. The zero-order valence-electron chi connectivity index (χ0n) is 9.81. The lowest BCUT2D eigenvalue weighted by Crippen LogP contribution is -2.41. The van der Waals surface area contributed by atoms with Crippen LogP contribution in [0.1, 0.15) is 22.3 Å². The Kier molecular flexibility index (Phi) is 5.30. The summed E-state index contributed by atoms with van der Waals surface area (Å²) in [7, 11) is 0. The number of hydrogen-bond acceptors (Lipinski definition) is 3. The standard InChI is InChI=1S/C12H14BrNO4/c1-7-6-8(2-3-9(7)13)11(16)14-10(4-5-15)12(17)18/h2-3,6,10,15H,4-5H2,1H3,(H,14,16)(H,17,18)/t10-/m0/s1. The van der Waals surface area contributed by atoms with Crippen molar-refractivity contribution < 1.29 is 19.8 Å². The first kappa shape index (κ1) is 14.7. The second kappa shape index (κ2) is 6.51. The van der Waals surface area contributed by atoms with Crippen molar-refractivity contribution in [3.63, 3.8) is 0 Å². The predicted octanol–water partition coefficient (Wildman–Crippen LogP) is 1.32. The third kappa shape index (κ3) is 3.82. The maximum Gasteiger partial charge on any atom is 0.326 e. The molecule has 0 aromatic heterocycles. The molecular formula is C12H14BrNO4. The molecule has 1 rings (SSSR count). The van der Waals surface area contributed by atoms with E-state index in [4.69, 9.17) is 10.2 Å². The minimum Gasteiger partial charge on any atom is -0.480 e. The van der Waals surface area contributed by atoms with Gasteiger partial charge in [0.1, 0.15) is 6.04 Å². The molecule has 0 spiro atoms. The van der Waals surface area contributed by atoms with Gasteiger partial charge >= 0.3 is 5.97 Å². The summed E-state index contributed by atoms with van der Waals surface area (Å²) in [5.74, 6) is -1.63. The predicted molar refractivity (Wildman–Crippen MR) is 69.5 cm³/mol. The summed E-state index contributed by atoms with van der Waals surface area (Å²) in [4.78, 5) is 22.7. The average Bonchev–Trinajstić information content (AvgIpc) is 2.31. The molecule has 6 heteroatoms. The van der Waals surface area contributed by atoms with E-state index in [1.165, 1.54) is 0 Å². The molecule has 0 aliphatic carbocycles. The number of nitrogens with one attached hydrogen (secondary N) is 1. The summed E-state index contributed by atoms with van der Waals surface area (Å²) in [6.45, 7) is 1.54. The number of aliphatic hydroxyl groups excluding tert-OH is 1. The van der Waals surface area contributed by atoms with Gasteiger partial charge in [0.05, 0.1) is 0 Å². The van der Waals surface area contributed by atoms with E-state index < -0.39 is 17.9 Å². The van der Waals surface area contributed by atoms with Gasteiger partial charge < -0.3 is 15.5 Å². The molecule has 0 bridgehead atoms. The Morgan fingerprint density at radius 3 is 2.61 bits per heavy atom. The third-order valence-corrected chi connectivity index (χ3v) is 3.33. The zero-order valence-corrected chi connectivity index (χ0v) is 11.4. The highest BCUT2D eigenvalue weighted by molar-refractivity contribution is 9.10. The summed E-state index contributed by atoms with van der Waals surface area (Å²) >= 11 is 3.32. The molecule has 0 saturated carbocycles. The lowest BCUT2D eigenvalue weighted by molar-refractivity contribution is -0.139. The van der Waals surface area contributed by atoms with Crippen LogP contribution in [-0.4, -0.2) is 34.7 Å². The fraction of sp³-hybridized carbons (Fsp3) is 0.333. The number of halogens is 1. The van der Waals surface area contributed by atoms with Crippen LogP contribution in [0.3, 0.4) is 0 Å². The minimum atomic E-state index is -1.16. The Labute approximate surface area is 113 Å². The Bertz CT molecular complexity index is 461. The molecule has 1 aromatic carbocycles. The van der Waals surface area contributed by atoms with E-state index in [1.54, 1.807) is 18.2 Å². The first-order valence-corrected chi connectivity index (χ1v) is 6.15. The molecule has 0 aliphatic rings. The first-order chi connectivity index (χ1) is 8.45. The SMILES string of the molecule is Cc1cc(C(=O)N[C@@H](CCO)C(=O)O)ccc1Br. The quantitative estimate of drug-likeness (QED) is 0.765.